The van der Waals surface area contributed by atoms with Gasteiger partial charge in [0.05, 0.1) is 25.4 Å². The van der Waals surface area contributed by atoms with E-state index in [1.54, 1.807) is 11.3 Å². The topological polar surface area (TPSA) is 56.5 Å². The van der Waals surface area contributed by atoms with Gasteiger partial charge in [-0.2, -0.15) is 5.26 Å². The lowest BCUT2D eigenvalue weighted by molar-refractivity contribution is 0.0148. The summed E-state index contributed by atoms with van der Waals surface area (Å²) in [5, 5.41) is 20.1. The number of nitriles is 1. The quantitative estimate of drug-likeness (QED) is 0.763. The van der Waals surface area contributed by atoms with Gasteiger partial charge < -0.3 is 14.7 Å². The lowest BCUT2D eigenvalue weighted by atomic mass is 10.3. The highest BCUT2D eigenvalue weighted by Gasteiger charge is 2.08. The Labute approximate surface area is 106 Å². The summed E-state index contributed by atoms with van der Waals surface area (Å²) in [7, 11) is 1.89. The third kappa shape index (κ3) is 6.39. The molecule has 0 aliphatic heterocycles. The van der Waals surface area contributed by atoms with Crippen molar-refractivity contribution in [3.8, 4) is 6.07 Å². The molecule has 94 valence electrons. The Bertz CT molecular complexity index is 335. The first-order valence-electron chi connectivity index (χ1n) is 5.56. The van der Waals surface area contributed by atoms with Crippen LogP contribution < -0.4 is 0 Å². The van der Waals surface area contributed by atoms with Gasteiger partial charge in [0.1, 0.15) is 0 Å². The highest BCUT2D eigenvalue weighted by atomic mass is 32.1. The predicted molar refractivity (Wildman–Crippen MR) is 67.7 cm³/mol. The number of thiophene rings is 1. The second-order valence-electron chi connectivity index (χ2n) is 3.92. The Hall–Kier alpha value is -0.930. The minimum absolute atomic E-state index is 0.328. The fourth-order valence-corrected chi connectivity index (χ4v) is 2.08. The Morgan fingerprint density at radius 1 is 1.65 bits per heavy atom. The molecule has 0 saturated carbocycles. The molecule has 0 aromatic carbocycles. The van der Waals surface area contributed by atoms with E-state index in [2.05, 4.69) is 6.07 Å². The molecule has 1 aromatic heterocycles. The van der Waals surface area contributed by atoms with Crippen molar-refractivity contribution in [1.29, 1.82) is 5.26 Å². The van der Waals surface area contributed by atoms with Crippen molar-refractivity contribution in [3.05, 3.63) is 22.4 Å². The fourth-order valence-electron chi connectivity index (χ4n) is 1.43. The number of hydrogen-bond donors (Lipinski definition) is 1. The molecule has 0 aliphatic rings. The maximum absolute atomic E-state index is 9.70. The van der Waals surface area contributed by atoms with E-state index >= 15 is 0 Å². The Morgan fingerprint density at radius 3 is 3.12 bits per heavy atom. The van der Waals surface area contributed by atoms with Crippen molar-refractivity contribution in [2.45, 2.75) is 19.1 Å². The largest absolute Gasteiger partial charge is 0.389 e. The number of hydrogen-bond acceptors (Lipinski definition) is 5. The van der Waals surface area contributed by atoms with Crippen LogP contribution in [-0.4, -0.2) is 42.9 Å². The third-order valence-electron chi connectivity index (χ3n) is 2.26. The van der Waals surface area contributed by atoms with E-state index < -0.39 is 6.10 Å². The first-order valence-corrected chi connectivity index (χ1v) is 6.44. The van der Waals surface area contributed by atoms with Crippen molar-refractivity contribution < 1.29 is 9.84 Å². The zero-order chi connectivity index (χ0) is 12.5. The first-order chi connectivity index (χ1) is 8.22. The fraction of sp³-hybridized carbons (Fsp3) is 0.583. The second-order valence-corrected chi connectivity index (χ2v) is 4.95. The molecule has 1 atom stereocenters. The summed E-state index contributed by atoms with van der Waals surface area (Å²) in [4.78, 5) is 3.09. The van der Waals surface area contributed by atoms with Gasteiger partial charge in [0, 0.05) is 24.4 Å². The summed E-state index contributed by atoms with van der Waals surface area (Å²) in [6, 6.07) is 6.07. The summed E-state index contributed by atoms with van der Waals surface area (Å²) >= 11 is 1.65. The number of aliphatic hydroxyl groups is 1. The van der Waals surface area contributed by atoms with Gasteiger partial charge in [-0.1, -0.05) is 6.07 Å². The van der Waals surface area contributed by atoms with Gasteiger partial charge in [-0.3, -0.25) is 0 Å². The molecule has 1 unspecified atom stereocenters. The average molecular weight is 254 g/mol. The molecule has 0 amide bonds. The van der Waals surface area contributed by atoms with Gasteiger partial charge in [0.25, 0.3) is 0 Å². The lowest BCUT2D eigenvalue weighted by Gasteiger charge is -2.19. The molecule has 1 heterocycles. The van der Waals surface area contributed by atoms with Gasteiger partial charge in [0.15, 0.2) is 0 Å². The van der Waals surface area contributed by atoms with Crippen molar-refractivity contribution in [1.82, 2.24) is 4.90 Å². The van der Waals surface area contributed by atoms with E-state index in [-0.39, 0.29) is 0 Å². The maximum atomic E-state index is 9.70. The van der Waals surface area contributed by atoms with Crippen LogP contribution in [0.2, 0.25) is 0 Å². The predicted octanol–water partition coefficient (Wildman–Crippen LogP) is 1.47. The Kier molecular flexibility index (Phi) is 6.82. The standard InChI is InChI=1S/C12H18N2O2S/c1-14(6-3-5-13)8-11(15)9-16-10-12-4-2-7-17-12/h2,4,7,11,15H,3,6,8-10H2,1H3. The van der Waals surface area contributed by atoms with Crippen LogP contribution >= 0.6 is 11.3 Å². The van der Waals surface area contributed by atoms with Crippen molar-refractivity contribution in [2.75, 3.05) is 26.7 Å². The van der Waals surface area contributed by atoms with E-state index in [0.717, 1.165) is 4.88 Å². The van der Waals surface area contributed by atoms with Crippen LogP contribution in [0, 0.1) is 11.3 Å². The zero-order valence-corrected chi connectivity index (χ0v) is 10.8. The number of rotatable bonds is 8. The van der Waals surface area contributed by atoms with Crippen molar-refractivity contribution >= 4 is 11.3 Å². The number of aliphatic hydroxyl groups excluding tert-OH is 1. The Balaban J connectivity index is 2.08. The number of likely N-dealkylation sites (N-methyl/N-ethyl adjacent to an activating group) is 1. The summed E-state index contributed by atoms with van der Waals surface area (Å²) in [5.41, 5.74) is 0. The van der Waals surface area contributed by atoms with Crippen LogP contribution in [0.4, 0.5) is 0 Å². The van der Waals surface area contributed by atoms with E-state index in [0.29, 0.717) is 32.7 Å². The SMILES string of the molecule is CN(CCC#N)CC(O)COCc1cccs1. The van der Waals surface area contributed by atoms with Crippen LogP contribution in [0.3, 0.4) is 0 Å². The van der Waals surface area contributed by atoms with Crippen molar-refractivity contribution in [3.63, 3.8) is 0 Å². The van der Waals surface area contributed by atoms with Crippen LogP contribution in [0.25, 0.3) is 0 Å². The molecule has 0 spiro atoms. The summed E-state index contributed by atoms with van der Waals surface area (Å²) in [5.74, 6) is 0. The molecule has 0 fully saturated rings. The summed E-state index contributed by atoms with van der Waals surface area (Å²) < 4.78 is 5.41. The van der Waals surface area contributed by atoms with Gasteiger partial charge in [-0.25, -0.2) is 0 Å². The average Bonchev–Trinajstić information content (AvgIpc) is 2.79. The van der Waals surface area contributed by atoms with E-state index in [1.165, 1.54) is 0 Å². The minimum atomic E-state index is -0.501. The third-order valence-corrected chi connectivity index (χ3v) is 3.11. The first kappa shape index (κ1) is 14.1. The highest BCUT2D eigenvalue weighted by Crippen LogP contribution is 2.09. The molecule has 0 saturated heterocycles. The number of ether oxygens (including phenoxy) is 1. The smallest absolute Gasteiger partial charge is 0.0900 e. The Morgan fingerprint density at radius 2 is 2.47 bits per heavy atom. The molecular weight excluding hydrogens is 236 g/mol. The molecule has 0 bridgehead atoms. The number of nitrogens with zero attached hydrogens (tertiary/aromatic N) is 2. The molecule has 0 radical (unpaired) electrons. The van der Waals surface area contributed by atoms with Crippen LogP contribution in [0.5, 0.6) is 0 Å². The molecule has 4 nitrogen and oxygen atoms in total. The van der Waals surface area contributed by atoms with E-state index in [9.17, 15) is 5.11 Å². The second kappa shape index (κ2) is 8.20. The van der Waals surface area contributed by atoms with Gasteiger partial charge in [-0.15, -0.1) is 11.3 Å². The lowest BCUT2D eigenvalue weighted by Crippen LogP contribution is -2.32. The molecule has 1 rings (SSSR count). The maximum Gasteiger partial charge on any atom is 0.0900 e. The highest BCUT2D eigenvalue weighted by molar-refractivity contribution is 7.09. The zero-order valence-electron chi connectivity index (χ0n) is 10.0. The van der Waals surface area contributed by atoms with Gasteiger partial charge in [0.2, 0.25) is 0 Å². The van der Waals surface area contributed by atoms with E-state index in [1.807, 2.05) is 29.5 Å². The monoisotopic (exact) mass is 254 g/mol. The van der Waals surface area contributed by atoms with Gasteiger partial charge >= 0.3 is 0 Å². The molecule has 1 aromatic rings. The van der Waals surface area contributed by atoms with Crippen LogP contribution in [0.15, 0.2) is 17.5 Å². The van der Waals surface area contributed by atoms with Gasteiger partial charge in [-0.05, 0) is 18.5 Å². The molecule has 0 aliphatic carbocycles. The normalized spacial score (nSPS) is 12.6. The molecule has 17 heavy (non-hydrogen) atoms. The van der Waals surface area contributed by atoms with Crippen LogP contribution in [0.1, 0.15) is 11.3 Å². The summed E-state index contributed by atoms with van der Waals surface area (Å²) in [6.07, 6.45) is -0.0159. The van der Waals surface area contributed by atoms with Crippen molar-refractivity contribution in [2.24, 2.45) is 0 Å². The molecule has 5 heteroatoms. The van der Waals surface area contributed by atoms with E-state index in [4.69, 9.17) is 10.00 Å². The van der Waals surface area contributed by atoms with Crippen LogP contribution in [-0.2, 0) is 11.3 Å². The summed E-state index contributed by atoms with van der Waals surface area (Å²) in [6.45, 7) is 2.09. The minimum Gasteiger partial charge on any atom is -0.389 e. The molecule has 1 N–H and O–H groups in total. The molecular formula is C12H18N2O2S.